The van der Waals surface area contributed by atoms with Crippen molar-refractivity contribution in [1.82, 2.24) is 14.8 Å². The summed E-state index contributed by atoms with van der Waals surface area (Å²) in [5.74, 6) is 0.881. The van der Waals surface area contributed by atoms with Gasteiger partial charge in [0.2, 0.25) is 0 Å². The Bertz CT molecular complexity index is 620. The SMILES string of the molecule is COCCn1cnnc1SCCOc1ccccc1[N+](=O)[O-]. The Morgan fingerprint density at radius 1 is 1.36 bits per heavy atom. The van der Waals surface area contributed by atoms with Gasteiger partial charge in [-0.3, -0.25) is 10.1 Å². The summed E-state index contributed by atoms with van der Waals surface area (Å²) in [5.41, 5.74) is -0.0317. The van der Waals surface area contributed by atoms with E-state index in [9.17, 15) is 10.1 Å². The van der Waals surface area contributed by atoms with Gasteiger partial charge >= 0.3 is 5.69 Å². The van der Waals surface area contributed by atoms with Crippen molar-refractivity contribution in [3.05, 3.63) is 40.7 Å². The summed E-state index contributed by atoms with van der Waals surface area (Å²) >= 11 is 1.48. The molecule has 0 aliphatic rings. The lowest BCUT2D eigenvalue weighted by Gasteiger charge is -2.07. The van der Waals surface area contributed by atoms with Crippen LogP contribution in [0.1, 0.15) is 0 Å². The lowest BCUT2D eigenvalue weighted by Crippen LogP contribution is -2.06. The van der Waals surface area contributed by atoms with Crippen LogP contribution in [0.5, 0.6) is 5.75 Å². The third-order valence-corrected chi connectivity index (χ3v) is 3.70. The molecule has 0 atom stereocenters. The maximum Gasteiger partial charge on any atom is 0.310 e. The smallest absolute Gasteiger partial charge is 0.310 e. The van der Waals surface area contributed by atoms with Crippen molar-refractivity contribution >= 4 is 17.4 Å². The van der Waals surface area contributed by atoms with Gasteiger partial charge < -0.3 is 14.0 Å². The molecular formula is C13H16N4O4S. The maximum atomic E-state index is 10.9. The number of nitro groups is 1. The van der Waals surface area contributed by atoms with E-state index in [4.69, 9.17) is 9.47 Å². The van der Waals surface area contributed by atoms with Crippen LogP contribution in [-0.2, 0) is 11.3 Å². The van der Waals surface area contributed by atoms with Crippen LogP contribution >= 0.6 is 11.8 Å². The highest BCUT2D eigenvalue weighted by molar-refractivity contribution is 7.99. The van der Waals surface area contributed by atoms with Crippen LogP contribution in [-0.4, -0.2) is 45.8 Å². The summed E-state index contributed by atoms with van der Waals surface area (Å²) in [5, 5.41) is 19.5. The highest BCUT2D eigenvalue weighted by atomic mass is 32.2. The van der Waals surface area contributed by atoms with E-state index < -0.39 is 4.92 Å². The number of methoxy groups -OCH3 is 1. The number of benzene rings is 1. The monoisotopic (exact) mass is 324 g/mol. The van der Waals surface area contributed by atoms with Crippen LogP contribution in [0.15, 0.2) is 35.7 Å². The van der Waals surface area contributed by atoms with Crippen molar-refractivity contribution < 1.29 is 14.4 Å². The number of para-hydroxylation sites is 2. The average molecular weight is 324 g/mol. The molecule has 0 bridgehead atoms. The van der Waals surface area contributed by atoms with Crippen molar-refractivity contribution in [2.75, 3.05) is 26.1 Å². The van der Waals surface area contributed by atoms with E-state index in [0.717, 1.165) is 5.16 Å². The zero-order chi connectivity index (χ0) is 15.8. The first-order chi connectivity index (χ1) is 10.7. The Labute approximate surface area is 131 Å². The number of thioether (sulfide) groups is 1. The second-order valence-corrected chi connectivity index (χ2v) is 5.28. The molecule has 22 heavy (non-hydrogen) atoms. The van der Waals surface area contributed by atoms with E-state index in [-0.39, 0.29) is 11.4 Å². The molecule has 1 heterocycles. The number of ether oxygens (including phenoxy) is 2. The highest BCUT2D eigenvalue weighted by Gasteiger charge is 2.13. The molecule has 0 radical (unpaired) electrons. The van der Waals surface area contributed by atoms with E-state index in [0.29, 0.717) is 25.5 Å². The van der Waals surface area contributed by atoms with Gasteiger partial charge in [0.25, 0.3) is 0 Å². The average Bonchev–Trinajstić information content (AvgIpc) is 2.97. The van der Waals surface area contributed by atoms with Crippen molar-refractivity contribution in [2.45, 2.75) is 11.7 Å². The predicted octanol–water partition coefficient (Wildman–Crippen LogP) is 2.00. The predicted molar refractivity (Wildman–Crippen MR) is 81.2 cm³/mol. The molecule has 1 aromatic heterocycles. The van der Waals surface area contributed by atoms with Gasteiger partial charge in [0.1, 0.15) is 6.33 Å². The van der Waals surface area contributed by atoms with Gasteiger partial charge in [0.05, 0.1) is 18.1 Å². The van der Waals surface area contributed by atoms with Crippen molar-refractivity contribution in [3.63, 3.8) is 0 Å². The third-order valence-electron chi connectivity index (χ3n) is 2.75. The summed E-state index contributed by atoms with van der Waals surface area (Å²) in [6.07, 6.45) is 1.64. The van der Waals surface area contributed by atoms with E-state index in [1.54, 1.807) is 31.6 Å². The van der Waals surface area contributed by atoms with Crippen molar-refractivity contribution in [3.8, 4) is 5.75 Å². The van der Waals surface area contributed by atoms with Crippen LogP contribution in [0.2, 0.25) is 0 Å². The van der Waals surface area contributed by atoms with Gasteiger partial charge in [-0.25, -0.2) is 0 Å². The largest absolute Gasteiger partial charge is 0.486 e. The van der Waals surface area contributed by atoms with Gasteiger partial charge in [-0.15, -0.1) is 10.2 Å². The van der Waals surface area contributed by atoms with E-state index >= 15 is 0 Å². The molecule has 0 spiro atoms. The molecule has 0 saturated heterocycles. The third kappa shape index (κ3) is 4.43. The molecular weight excluding hydrogens is 308 g/mol. The second-order valence-electron chi connectivity index (χ2n) is 4.22. The number of nitrogens with zero attached hydrogens (tertiary/aromatic N) is 4. The summed E-state index contributed by atoms with van der Waals surface area (Å²) < 4.78 is 12.4. The van der Waals surface area contributed by atoms with Gasteiger partial charge in [0, 0.05) is 25.5 Å². The standard InChI is InChI=1S/C13H16N4O4S/c1-20-7-6-16-10-14-15-13(16)22-9-8-21-12-5-3-2-4-11(12)17(18)19/h2-5,10H,6-9H2,1H3. The molecule has 0 aliphatic heterocycles. The first-order valence-electron chi connectivity index (χ1n) is 6.58. The Balaban J connectivity index is 1.83. The van der Waals surface area contributed by atoms with Crippen LogP contribution in [0, 0.1) is 10.1 Å². The van der Waals surface area contributed by atoms with Crippen LogP contribution in [0.4, 0.5) is 5.69 Å². The van der Waals surface area contributed by atoms with E-state index in [1.807, 2.05) is 4.57 Å². The molecule has 0 aliphatic carbocycles. The molecule has 0 unspecified atom stereocenters. The number of aromatic nitrogens is 3. The van der Waals surface area contributed by atoms with Crippen molar-refractivity contribution in [2.24, 2.45) is 0 Å². The lowest BCUT2D eigenvalue weighted by atomic mass is 10.3. The molecule has 0 amide bonds. The molecule has 2 rings (SSSR count). The fourth-order valence-electron chi connectivity index (χ4n) is 1.71. The molecule has 0 N–H and O–H groups in total. The van der Waals surface area contributed by atoms with Crippen LogP contribution < -0.4 is 4.74 Å². The molecule has 118 valence electrons. The molecule has 1 aromatic carbocycles. The molecule has 2 aromatic rings. The number of hydrogen-bond acceptors (Lipinski definition) is 7. The fraction of sp³-hybridized carbons (Fsp3) is 0.385. The molecule has 0 fully saturated rings. The molecule has 0 saturated carbocycles. The second kappa shape index (κ2) is 8.35. The zero-order valence-corrected chi connectivity index (χ0v) is 12.9. The Morgan fingerprint density at radius 2 is 2.18 bits per heavy atom. The highest BCUT2D eigenvalue weighted by Crippen LogP contribution is 2.26. The summed E-state index contributed by atoms with van der Waals surface area (Å²) in [4.78, 5) is 10.4. The fourth-order valence-corrected chi connectivity index (χ4v) is 2.47. The van der Waals surface area contributed by atoms with E-state index in [2.05, 4.69) is 10.2 Å². The zero-order valence-electron chi connectivity index (χ0n) is 12.0. The Morgan fingerprint density at radius 3 is 2.95 bits per heavy atom. The van der Waals surface area contributed by atoms with Gasteiger partial charge in [-0.05, 0) is 6.07 Å². The topological polar surface area (TPSA) is 92.3 Å². The number of rotatable bonds is 9. The first kappa shape index (κ1) is 16.2. The Hall–Kier alpha value is -2.13. The maximum absolute atomic E-state index is 10.9. The van der Waals surface area contributed by atoms with Crippen LogP contribution in [0.25, 0.3) is 0 Å². The first-order valence-corrected chi connectivity index (χ1v) is 7.56. The number of nitro benzene ring substituents is 1. The number of hydrogen-bond donors (Lipinski definition) is 0. The van der Waals surface area contributed by atoms with Crippen molar-refractivity contribution in [1.29, 1.82) is 0 Å². The van der Waals surface area contributed by atoms with Crippen LogP contribution in [0.3, 0.4) is 0 Å². The van der Waals surface area contributed by atoms with Gasteiger partial charge in [-0.1, -0.05) is 23.9 Å². The quantitative estimate of drug-likeness (QED) is 0.301. The lowest BCUT2D eigenvalue weighted by molar-refractivity contribution is -0.385. The minimum absolute atomic E-state index is 0.0317. The molecule has 9 heteroatoms. The Kier molecular flexibility index (Phi) is 6.16. The minimum atomic E-state index is -0.455. The summed E-state index contributed by atoms with van der Waals surface area (Å²) in [6.45, 7) is 1.60. The summed E-state index contributed by atoms with van der Waals surface area (Å²) in [7, 11) is 1.64. The van der Waals surface area contributed by atoms with Gasteiger partial charge in [0.15, 0.2) is 10.9 Å². The molecule has 8 nitrogen and oxygen atoms in total. The normalized spacial score (nSPS) is 10.6. The summed E-state index contributed by atoms with van der Waals surface area (Å²) in [6, 6.07) is 6.32. The van der Waals surface area contributed by atoms with Gasteiger partial charge in [-0.2, -0.15) is 0 Å². The van der Waals surface area contributed by atoms with E-state index in [1.165, 1.54) is 17.8 Å². The minimum Gasteiger partial charge on any atom is -0.486 e.